The van der Waals surface area contributed by atoms with Crippen LogP contribution in [0.2, 0.25) is 0 Å². The van der Waals surface area contributed by atoms with Crippen molar-refractivity contribution in [2.24, 2.45) is 133 Å². The molecular formula is C120H146N6O19. The molecule has 19 aliphatic rings. The van der Waals surface area contributed by atoms with E-state index in [1.807, 2.05) is 149 Å². The highest BCUT2D eigenvalue weighted by Crippen LogP contribution is 2.75. The zero-order valence-electron chi connectivity index (χ0n) is 89.9. The normalized spacial score (nSPS) is 41.6. The molecule has 19 rings (SSSR count). The van der Waals surface area contributed by atoms with E-state index >= 15 is 0 Å². The van der Waals surface area contributed by atoms with Crippen LogP contribution in [0.4, 0.5) is 0 Å². The third-order valence-corrected chi connectivity index (χ3v) is 40.6. The molecule has 145 heavy (non-hydrogen) atoms. The van der Waals surface area contributed by atoms with Crippen LogP contribution >= 0.6 is 0 Å². The van der Waals surface area contributed by atoms with Crippen LogP contribution in [-0.4, -0.2) is 128 Å². The molecule has 1 heterocycles. The zero-order valence-corrected chi connectivity index (χ0v) is 89.9. The average Bonchev–Trinajstić information content (AvgIpc) is 1.48. The molecule has 7 saturated carbocycles. The van der Waals surface area contributed by atoms with Crippen LogP contribution in [0.25, 0.3) is 29.1 Å². The Labute approximate surface area is 856 Å². The number of aliphatic hydroxyl groups is 2. The Hall–Kier alpha value is -11.2. The van der Waals surface area contributed by atoms with Gasteiger partial charge in [0.15, 0.2) is 58.2 Å². The molecule has 25 heteroatoms. The first kappa shape index (κ1) is 110. The number of aliphatic hydroxyl groups excluding tert-OH is 2. The quantitative estimate of drug-likeness (QED) is 0.0871. The second-order valence-corrected chi connectivity index (χ2v) is 51.3. The molecule has 0 bridgehead atoms. The van der Waals surface area contributed by atoms with Crippen molar-refractivity contribution in [1.82, 2.24) is 0 Å². The minimum absolute atomic E-state index is 0.00168. The first-order valence-corrected chi connectivity index (χ1v) is 51.8. The minimum atomic E-state index is -1.44. The molecule has 0 amide bonds. The molecule has 0 radical (unpaired) electrons. The van der Waals surface area contributed by atoms with Crippen molar-refractivity contribution in [3.05, 3.63) is 209 Å². The number of nitrogens with zero attached hydrogens (tertiary/aromatic N) is 6. The fraction of sp³-hybridized carbons (Fsp3) is 0.642. The van der Waals surface area contributed by atoms with Crippen molar-refractivity contribution in [3.63, 3.8) is 0 Å². The van der Waals surface area contributed by atoms with Gasteiger partial charge in [-0.1, -0.05) is 226 Å². The van der Waals surface area contributed by atoms with Crippen LogP contribution in [0.1, 0.15) is 309 Å². The second kappa shape index (κ2) is 36.1. The number of esters is 3. The van der Waals surface area contributed by atoms with Gasteiger partial charge in [0.25, 0.3) is 5.78 Å². The summed E-state index contributed by atoms with van der Waals surface area (Å²) in [5.41, 5.74) is -2.70. The fourth-order valence-corrected chi connectivity index (χ4v) is 33.1. The maximum atomic E-state index is 13.1. The second-order valence-electron chi connectivity index (χ2n) is 51.3. The first-order valence-electron chi connectivity index (χ1n) is 51.8. The average molecular weight is 1980 g/mol. The number of ketones is 10. The summed E-state index contributed by atoms with van der Waals surface area (Å²) in [4.78, 5) is 181. The lowest BCUT2D eigenvalue weighted by molar-refractivity contribution is -0.160. The molecule has 0 spiro atoms. The summed E-state index contributed by atoms with van der Waals surface area (Å²) in [5, 5.41) is 21.1. The molecule has 8 fully saturated rings. The number of allylic oxidation sites excluding steroid dienone is 19. The van der Waals surface area contributed by atoms with Gasteiger partial charge in [0.1, 0.15) is 18.3 Å². The zero-order chi connectivity index (χ0) is 108. The highest BCUT2D eigenvalue weighted by molar-refractivity contribution is 6.07. The van der Waals surface area contributed by atoms with Gasteiger partial charge in [-0.2, -0.15) is 0 Å². The van der Waals surface area contributed by atoms with E-state index in [1.54, 1.807) is 42.5 Å². The van der Waals surface area contributed by atoms with Crippen LogP contribution in [0.5, 0.6) is 0 Å². The van der Waals surface area contributed by atoms with Crippen LogP contribution in [-0.2, 0) is 81.3 Å². The number of carbonyl (C=O) groups is 13. The Morgan fingerprint density at radius 2 is 0.634 bits per heavy atom. The summed E-state index contributed by atoms with van der Waals surface area (Å²) >= 11 is 0. The standard InChI is InChI=1S/C21H25NO5.C21H25NO4.C21H27NO3.C19H23NO3.C19H21NO2.C19H25NO2/c1-11(23)26-15-10-12(24)9-14-19(15,4)8-7-13-18(2,3)16(25)21(22-6)17(27-21)20(13,14)5;1-12(23)26-17-10-13(24)9-16-20(17,4)8-7-15-19(2,3)18(25)14(22-6)11-21(15,16)5;1-13(23)25-17-9-7-8-16-20(17,4)11-10-15-19(2,3)18(24)14(22-6)12-21(15,16)5;1-17(2)13-6-7-18(3)14(8-11(21)9-15(18)22)19(13,4)10-12(20-5)16(17)23;1-17(2)14-7-9-18(3)8-6-12(21)10-15(18)19(14,4)11-13(20-5)16(17)22;1-17(2)13-9-10-18(3)14(7-6-8-15(18)21)19(13,4)11-12(20-5)16(17)22/h9,13,15,17H,7-8,10H2,1-5H3;9,11,15,17H,7-8,10H2,1-5H3;8,12,15,17H,7,9-11H2,1-5H3;8,10,13,15,22H,6-7,9H2,1-4H3;6,8,10-11,14H,7,9H2,1-4H3;7,11,13,15,21H,6,8-10H2,1-4H3/t13-,15+,17?,19+,20-,21?;2*15-,17+,20+,21-;13-,15+,18+,19-;14-,18+,19-;13-,15+,18+,19-/m000000/s1. The van der Waals surface area contributed by atoms with E-state index in [-0.39, 0.29) is 186 Å². The van der Waals surface area contributed by atoms with E-state index in [1.165, 1.54) is 31.9 Å². The molecular weight excluding hydrogens is 1830 g/mol. The van der Waals surface area contributed by atoms with Gasteiger partial charge >= 0.3 is 23.6 Å². The van der Waals surface area contributed by atoms with E-state index in [2.05, 4.69) is 82.8 Å². The molecule has 770 valence electrons. The largest absolute Gasteiger partial charge is 0.462 e. The summed E-state index contributed by atoms with van der Waals surface area (Å²) in [6.45, 7) is 97.0. The lowest BCUT2D eigenvalue weighted by Gasteiger charge is -2.59. The Morgan fingerprint density at radius 3 is 1.01 bits per heavy atom. The summed E-state index contributed by atoms with van der Waals surface area (Å²) < 4.78 is 22.6. The number of Topliss-reactive ketones (excluding diaryl/α,β-unsaturated/α-hetero) is 6. The smallest absolute Gasteiger partial charge is 0.424 e. The third-order valence-electron chi connectivity index (χ3n) is 40.6. The number of hydrogen-bond donors (Lipinski definition) is 2. The van der Waals surface area contributed by atoms with Crippen molar-refractivity contribution in [2.45, 2.75) is 351 Å². The maximum Gasteiger partial charge on any atom is 0.424 e. The molecule has 1 aliphatic heterocycles. The van der Waals surface area contributed by atoms with Gasteiger partial charge in [-0.25, -0.2) is 30.8 Å². The third kappa shape index (κ3) is 16.4. The number of rotatable bonds is 3. The summed E-state index contributed by atoms with van der Waals surface area (Å²) in [5.74, 6) is -1.31. The SMILES string of the molecule is [C-]#[N+]C12OC1[C@]1(C)C3=CC(=O)C[C@@H](OC(C)=O)[C@]3(C)CC[C@H]1C(C)(C)C2=O.[C-]#[N+]C1=C[C@]2(C)C3=CC(=O)C=C[C@]3(C)CC[C@H]2C(C)(C)C1=O.[C-]#[N+]C1=C[C@]2(C)C3=CC(=O)C[C@@H](O)[C@]3(C)CC[C@H]2C(C)(C)C1=O.[C-]#[N+]C1=C[C@]2(C)C3=CC(=O)C[C@@H](OC(C)=O)[C@]3(C)CC[C@H]2C(C)(C)C1=O.[C-]#[N+]C1=C[C@]2(C)C3=CCC[C@@H](O)[C@]3(C)CC[C@H]2C(C)(C)C1=O.[C-]#[N+]C1=C[C@]2(C)C3=CCC[C@@H](OC(C)=O)[C@]3(C)CC[C@H]2C(C)(C)C1=O. The van der Waals surface area contributed by atoms with E-state index in [0.717, 1.165) is 125 Å². The molecule has 25 atom stereocenters. The molecule has 2 unspecified atom stereocenters. The predicted octanol–water partition coefficient (Wildman–Crippen LogP) is 21.9. The molecule has 18 aliphatic carbocycles. The number of hydrogen-bond acceptors (Lipinski definition) is 19. The van der Waals surface area contributed by atoms with Gasteiger partial charge in [-0.05, 0) is 191 Å². The Morgan fingerprint density at radius 1 is 0.338 bits per heavy atom. The molecule has 0 aromatic rings. The van der Waals surface area contributed by atoms with E-state index < -0.39 is 112 Å². The first-order chi connectivity index (χ1) is 66.9. The van der Waals surface area contributed by atoms with Gasteiger partial charge < -0.3 is 48.4 Å². The van der Waals surface area contributed by atoms with Crippen LogP contribution in [0.3, 0.4) is 0 Å². The Bertz CT molecular complexity index is 6430. The Kier molecular flexibility index (Phi) is 27.3. The van der Waals surface area contributed by atoms with Gasteiger partial charge in [0, 0.05) is 138 Å². The number of fused-ring (bicyclic) bond motifs is 20. The van der Waals surface area contributed by atoms with Crippen molar-refractivity contribution in [3.8, 4) is 0 Å². The highest BCUT2D eigenvalue weighted by Gasteiger charge is 2.87. The molecule has 25 nitrogen and oxygen atoms in total. The Balaban J connectivity index is 0.000000138. The van der Waals surface area contributed by atoms with Crippen LogP contribution in [0, 0.1) is 172 Å². The van der Waals surface area contributed by atoms with Gasteiger partial charge in [0.05, 0.1) is 45.1 Å². The van der Waals surface area contributed by atoms with E-state index in [9.17, 15) is 72.5 Å². The van der Waals surface area contributed by atoms with Crippen LogP contribution < -0.4 is 0 Å². The fourth-order valence-electron chi connectivity index (χ4n) is 33.1. The summed E-state index contributed by atoms with van der Waals surface area (Å²) in [7, 11) is 0. The summed E-state index contributed by atoms with van der Waals surface area (Å²) in [6.07, 6.45) is 35.3. The molecule has 1 saturated heterocycles. The maximum absolute atomic E-state index is 13.1. The van der Waals surface area contributed by atoms with E-state index in [0.29, 0.717) is 0 Å². The number of ether oxygens (including phenoxy) is 4. The van der Waals surface area contributed by atoms with Crippen molar-refractivity contribution in [2.75, 3.05) is 0 Å². The predicted molar refractivity (Wildman–Crippen MR) is 543 cm³/mol. The van der Waals surface area contributed by atoms with Crippen molar-refractivity contribution < 1.29 is 91.5 Å². The van der Waals surface area contributed by atoms with E-state index in [4.69, 9.17) is 58.4 Å². The summed E-state index contributed by atoms with van der Waals surface area (Å²) in [6, 6.07) is 0. The van der Waals surface area contributed by atoms with Gasteiger partial charge in [0.2, 0.25) is 28.5 Å². The van der Waals surface area contributed by atoms with Crippen molar-refractivity contribution in [1.29, 1.82) is 0 Å². The highest BCUT2D eigenvalue weighted by atomic mass is 16.6. The monoisotopic (exact) mass is 1980 g/mol. The van der Waals surface area contributed by atoms with Gasteiger partial charge in [-0.3, -0.25) is 47.9 Å². The lowest BCUT2D eigenvalue weighted by atomic mass is 9.43. The van der Waals surface area contributed by atoms with Gasteiger partial charge in [-0.15, -0.1) is 0 Å². The topological polar surface area (TPSA) is 329 Å². The minimum Gasteiger partial charge on any atom is -0.462 e. The molecule has 0 aromatic carbocycles. The molecule has 0 aromatic heterocycles. The lowest BCUT2D eigenvalue weighted by Crippen LogP contribution is -2.62. The van der Waals surface area contributed by atoms with Crippen LogP contribution in [0.15, 0.2) is 141 Å². The number of epoxide rings is 1. The molecule has 2 N–H and O–H groups in total. The number of carbonyl (C=O) groups excluding carboxylic acids is 13. The van der Waals surface area contributed by atoms with Crippen molar-refractivity contribution >= 4 is 75.7 Å².